The average Bonchev–Trinajstić information content (AvgIpc) is 3.03. The van der Waals surface area contributed by atoms with Gasteiger partial charge in [-0.15, -0.1) is 11.8 Å². The van der Waals surface area contributed by atoms with Crippen LogP contribution in [0.2, 0.25) is 0 Å². The van der Waals surface area contributed by atoms with Crippen molar-refractivity contribution in [1.82, 2.24) is 0 Å². The van der Waals surface area contributed by atoms with Gasteiger partial charge in [0.15, 0.2) is 5.60 Å². The molecule has 3 aliphatic rings. The molecule has 3 heterocycles. The van der Waals surface area contributed by atoms with Crippen LogP contribution >= 0.6 is 23.5 Å². The summed E-state index contributed by atoms with van der Waals surface area (Å²) in [6.07, 6.45) is 2.04. The second kappa shape index (κ2) is 3.45. The maximum absolute atomic E-state index is 6.09. The van der Waals surface area contributed by atoms with Crippen LogP contribution in [-0.4, -0.2) is 29.3 Å². The summed E-state index contributed by atoms with van der Waals surface area (Å²) in [6, 6.07) is 8.24. The van der Waals surface area contributed by atoms with Gasteiger partial charge in [-0.1, -0.05) is 18.2 Å². The Morgan fingerprint density at radius 2 is 2.33 bits per heavy atom. The molecule has 1 aromatic carbocycles. The number of anilines is 1. The lowest BCUT2D eigenvalue weighted by molar-refractivity contribution is 0.120. The van der Waals surface area contributed by atoms with Crippen molar-refractivity contribution in [3.05, 3.63) is 29.8 Å². The highest BCUT2D eigenvalue weighted by Crippen LogP contribution is 2.72. The van der Waals surface area contributed by atoms with Gasteiger partial charge in [0.05, 0.1) is 19.3 Å². The highest BCUT2D eigenvalue weighted by molar-refractivity contribution is 8.39. The Kier molecular flexibility index (Phi) is 2.14. The lowest BCUT2D eigenvalue weighted by Crippen LogP contribution is -2.38. The quantitative estimate of drug-likeness (QED) is 0.739. The summed E-state index contributed by atoms with van der Waals surface area (Å²) in [5, 5.41) is 1.45. The molecule has 2 atom stereocenters. The largest absolute Gasteiger partial charge is 0.322 e. The lowest BCUT2D eigenvalue weighted by Gasteiger charge is -2.26. The molecule has 1 aromatic rings. The van der Waals surface area contributed by atoms with Crippen molar-refractivity contribution < 1.29 is 9.57 Å². The number of para-hydroxylation sites is 1. The van der Waals surface area contributed by atoms with Crippen LogP contribution in [0.25, 0.3) is 0 Å². The summed E-state index contributed by atoms with van der Waals surface area (Å²) in [7, 11) is 1.69. The Labute approximate surface area is 114 Å². The third kappa shape index (κ3) is 1.06. The zero-order valence-corrected chi connectivity index (χ0v) is 11.7. The normalized spacial score (nSPS) is 35.7. The van der Waals surface area contributed by atoms with Crippen LogP contribution in [0.5, 0.6) is 0 Å². The van der Waals surface area contributed by atoms with Gasteiger partial charge in [0.1, 0.15) is 4.38 Å². The fourth-order valence-corrected chi connectivity index (χ4v) is 4.82. The summed E-state index contributed by atoms with van der Waals surface area (Å²) in [5.41, 5.74) is 1.96. The zero-order chi connectivity index (χ0) is 12.4. The third-order valence-electron chi connectivity index (χ3n) is 3.62. The molecule has 1 saturated heterocycles. The minimum absolute atomic E-state index is 0.316. The Hall–Kier alpha value is -0.690. The number of hydrogen-bond donors (Lipinski definition) is 0. The van der Waals surface area contributed by atoms with E-state index in [4.69, 9.17) is 9.57 Å². The number of fused-ring (bicyclic) bond motifs is 1. The maximum Gasteiger partial charge on any atom is 0.256 e. The second-order valence-corrected chi connectivity index (χ2v) is 6.59. The molecule has 1 fully saturated rings. The minimum atomic E-state index is -0.439. The van der Waals surface area contributed by atoms with Gasteiger partial charge in [-0.3, -0.25) is 9.83 Å². The summed E-state index contributed by atoms with van der Waals surface area (Å²) >= 11 is 3.31. The molecule has 0 aromatic heterocycles. The first kappa shape index (κ1) is 11.2. The molecule has 0 bridgehead atoms. The van der Waals surface area contributed by atoms with Crippen molar-refractivity contribution in [2.75, 3.05) is 25.0 Å². The number of aliphatic imine (C=N–C) groups is 1. The van der Waals surface area contributed by atoms with Crippen molar-refractivity contribution >= 4 is 33.6 Å². The van der Waals surface area contributed by atoms with E-state index in [0.717, 1.165) is 10.1 Å². The highest BCUT2D eigenvalue weighted by atomic mass is 32.2. The molecule has 18 heavy (non-hydrogen) atoms. The second-order valence-electron chi connectivity index (χ2n) is 4.39. The molecule has 0 radical (unpaired) electrons. The molecular weight excluding hydrogens is 268 g/mol. The van der Waals surface area contributed by atoms with Crippen LogP contribution in [0.3, 0.4) is 0 Å². The number of ether oxygens (including phenoxy) is 1. The molecule has 4 rings (SSSR count). The molecule has 4 nitrogen and oxygen atoms in total. The van der Waals surface area contributed by atoms with Gasteiger partial charge in [0.25, 0.3) is 5.06 Å². The zero-order valence-electron chi connectivity index (χ0n) is 10.0. The number of nitrogens with zero attached hydrogens (tertiary/aromatic N) is 2. The van der Waals surface area contributed by atoms with Crippen LogP contribution in [0.1, 0.15) is 5.56 Å². The van der Waals surface area contributed by atoms with E-state index in [1.54, 1.807) is 30.6 Å². The van der Waals surface area contributed by atoms with Gasteiger partial charge in [-0.05, 0) is 24.1 Å². The van der Waals surface area contributed by atoms with Crippen LogP contribution in [0.4, 0.5) is 5.69 Å². The highest BCUT2D eigenvalue weighted by Gasteiger charge is 2.82. The van der Waals surface area contributed by atoms with Crippen LogP contribution in [0.15, 0.2) is 29.3 Å². The van der Waals surface area contributed by atoms with Gasteiger partial charge in [-0.25, -0.2) is 5.06 Å². The first-order valence-electron chi connectivity index (χ1n) is 5.69. The summed E-state index contributed by atoms with van der Waals surface area (Å²) in [4.78, 5) is 10.2. The Morgan fingerprint density at radius 3 is 3.11 bits per heavy atom. The first-order chi connectivity index (χ1) is 8.77. The number of epoxide rings is 1. The molecule has 94 valence electrons. The minimum Gasteiger partial charge on any atom is -0.322 e. The number of rotatable bonds is 1. The topological polar surface area (TPSA) is 37.4 Å². The van der Waals surface area contributed by atoms with E-state index < -0.39 is 5.06 Å². The van der Waals surface area contributed by atoms with Crippen molar-refractivity contribution in [3.8, 4) is 0 Å². The molecule has 3 aliphatic heterocycles. The van der Waals surface area contributed by atoms with Crippen LogP contribution in [0, 0.1) is 0 Å². The average molecular weight is 280 g/mol. The van der Waals surface area contributed by atoms with E-state index >= 15 is 0 Å². The Balaban J connectivity index is 1.87. The molecule has 0 spiro atoms. The van der Waals surface area contributed by atoms with Gasteiger partial charge in [-0.2, -0.15) is 0 Å². The van der Waals surface area contributed by atoms with Gasteiger partial charge < -0.3 is 4.74 Å². The van der Waals surface area contributed by atoms with Crippen LogP contribution < -0.4 is 5.06 Å². The van der Waals surface area contributed by atoms with E-state index in [9.17, 15) is 0 Å². The van der Waals surface area contributed by atoms with Gasteiger partial charge in [0, 0.05) is 5.56 Å². The maximum atomic E-state index is 6.09. The number of hydroxylamine groups is 1. The number of hydrogen-bond acceptors (Lipinski definition) is 6. The summed E-state index contributed by atoms with van der Waals surface area (Å²) in [5.74, 6) is 0. The predicted octanol–water partition coefficient (Wildman–Crippen LogP) is 2.41. The number of thioether (sulfide) groups is 2. The monoisotopic (exact) mass is 280 g/mol. The molecule has 6 heteroatoms. The fraction of sp³-hybridized carbons (Fsp3) is 0.417. The lowest BCUT2D eigenvalue weighted by atomic mass is 10.0. The molecule has 0 N–H and O–H groups in total. The van der Waals surface area contributed by atoms with Gasteiger partial charge >= 0.3 is 0 Å². The fourth-order valence-electron chi connectivity index (χ4n) is 2.81. The molecule has 2 unspecified atom stereocenters. The predicted molar refractivity (Wildman–Crippen MR) is 74.8 cm³/mol. The summed E-state index contributed by atoms with van der Waals surface area (Å²) in [6.45, 7) is 0.674. The molecular formula is C12H12N2O2S2. The van der Waals surface area contributed by atoms with Crippen LogP contribution in [-0.2, 0) is 15.2 Å². The van der Waals surface area contributed by atoms with Gasteiger partial charge in [0.2, 0.25) is 0 Å². The van der Waals surface area contributed by atoms with E-state index in [0.29, 0.717) is 6.54 Å². The van der Waals surface area contributed by atoms with Crippen molar-refractivity contribution in [3.63, 3.8) is 0 Å². The molecule has 0 amide bonds. The SMILES string of the molecule is CON1c2ccccc2C23CN=C(SC)SC12O3. The standard InChI is InChI=1S/C12H12N2O2S2/c1-15-14-9-6-4-3-5-8(9)11-7-13-10(17-2)18-12(11,14)16-11/h3-6H,7H2,1-2H3. The first-order valence-corrected chi connectivity index (χ1v) is 7.73. The van der Waals surface area contributed by atoms with E-state index in [-0.39, 0.29) is 5.60 Å². The third-order valence-corrected chi connectivity index (χ3v) is 6.01. The number of benzene rings is 1. The smallest absolute Gasteiger partial charge is 0.256 e. The van der Waals surface area contributed by atoms with Crippen molar-refractivity contribution in [2.45, 2.75) is 10.7 Å². The van der Waals surface area contributed by atoms with E-state index in [2.05, 4.69) is 17.1 Å². The van der Waals surface area contributed by atoms with Crippen molar-refractivity contribution in [2.24, 2.45) is 4.99 Å². The van der Waals surface area contributed by atoms with E-state index in [1.165, 1.54) is 5.56 Å². The molecule has 0 aliphatic carbocycles. The van der Waals surface area contributed by atoms with Crippen molar-refractivity contribution in [1.29, 1.82) is 0 Å². The molecule has 0 saturated carbocycles. The van der Waals surface area contributed by atoms with E-state index in [1.807, 2.05) is 23.5 Å². The Bertz CT molecular complexity index is 565. The summed E-state index contributed by atoms with van der Waals surface area (Å²) < 4.78 is 7.14. The Morgan fingerprint density at radius 1 is 1.50 bits per heavy atom.